The van der Waals surface area contributed by atoms with Gasteiger partial charge in [0, 0.05) is 12.6 Å². The van der Waals surface area contributed by atoms with Gasteiger partial charge in [0.2, 0.25) is 26.6 Å². The number of fused-ring (bicyclic) bond motifs is 1. The van der Waals surface area contributed by atoms with Crippen LogP contribution >= 0.6 is 11.6 Å². The fourth-order valence-corrected chi connectivity index (χ4v) is 4.76. The largest absolute Gasteiger partial charge is 0.486 e. The Morgan fingerprint density at radius 3 is 2.59 bits per heavy atom. The van der Waals surface area contributed by atoms with Crippen molar-refractivity contribution in [2.45, 2.75) is 16.3 Å². The van der Waals surface area contributed by atoms with E-state index < -0.39 is 9.84 Å². The highest BCUT2D eigenvalue weighted by Gasteiger charge is 2.30. The monoisotopic (exact) mass is 477 g/mol. The zero-order valence-corrected chi connectivity index (χ0v) is 19.4. The number of ether oxygens (including phenoxy) is 2. The lowest BCUT2D eigenvalue weighted by Crippen LogP contribution is -2.17. The number of sulfone groups is 1. The first-order valence-corrected chi connectivity index (χ1v) is 12.0. The summed E-state index contributed by atoms with van der Waals surface area (Å²) in [6, 6.07) is 11.5. The van der Waals surface area contributed by atoms with Crippen molar-refractivity contribution in [3.8, 4) is 23.0 Å². The Morgan fingerprint density at radius 2 is 1.84 bits per heavy atom. The maximum absolute atomic E-state index is 13.5. The highest BCUT2D eigenvalue weighted by molar-refractivity contribution is 7.91. The van der Waals surface area contributed by atoms with Crippen molar-refractivity contribution >= 4 is 27.3 Å². The minimum Gasteiger partial charge on any atom is -0.486 e. The molecular weight excluding hydrogens is 454 g/mol. The van der Waals surface area contributed by atoms with Crippen LogP contribution in [0.5, 0.6) is 11.5 Å². The van der Waals surface area contributed by atoms with E-state index >= 15 is 0 Å². The van der Waals surface area contributed by atoms with Crippen LogP contribution in [-0.4, -0.2) is 58.7 Å². The van der Waals surface area contributed by atoms with Gasteiger partial charge in [0.25, 0.3) is 0 Å². The molecule has 1 aliphatic heterocycles. The lowest BCUT2D eigenvalue weighted by Gasteiger charge is -2.18. The molecule has 3 aromatic rings. The van der Waals surface area contributed by atoms with Crippen molar-refractivity contribution in [2.24, 2.45) is 0 Å². The fourth-order valence-electron chi connectivity index (χ4n) is 3.25. The van der Waals surface area contributed by atoms with Gasteiger partial charge in [-0.25, -0.2) is 8.42 Å². The maximum atomic E-state index is 13.5. The highest BCUT2D eigenvalue weighted by Crippen LogP contribution is 2.38. The van der Waals surface area contributed by atoms with Crippen LogP contribution in [0.15, 0.2) is 56.8 Å². The smallest absolute Gasteiger partial charge is 0.233 e. The SMILES string of the molecule is CN(C)CCCNc1oc(-c2ccccc2Cl)nc1S(=O)(=O)c1ccc2c(c1)OCCO2. The molecule has 8 nitrogen and oxygen atoms in total. The molecule has 0 aliphatic carbocycles. The molecule has 0 atom stereocenters. The van der Waals surface area contributed by atoms with Crippen LogP contribution in [0.2, 0.25) is 5.02 Å². The van der Waals surface area contributed by atoms with Crippen molar-refractivity contribution in [1.29, 1.82) is 0 Å². The minimum atomic E-state index is -4.01. The zero-order chi connectivity index (χ0) is 22.7. The van der Waals surface area contributed by atoms with Gasteiger partial charge in [-0.2, -0.15) is 4.98 Å². The number of aromatic nitrogens is 1. The van der Waals surface area contributed by atoms with E-state index in [0.717, 1.165) is 13.0 Å². The molecule has 0 unspecified atom stereocenters. The van der Waals surface area contributed by atoms with E-state index in [9.17, 15) is 8.42 Å². The van der Waals surface area contributed by atoms with E-state index in [-0.39, 0.29) is 21.7 Å². The van der Waals surface area contributed by atoms with Crippen molar-refractivity contribution < 1.29 is 22.3 Å². The highest BCUT2D eigenvalue weighted by atomic mass is 35.5. The first-order chi connectivity index (χ1) is 15.4. The molecule has 1 aliphatic rings. The minimum absolute atomic E-state index is 0.0390. The molecule has 32 heavy (non-hydrogen) atoms. The van der Waals surface area contributed by atoms with E-state index in [1.54, 1.807) is 30.3 Å². The molecule has 0 bridgehead atoms. The second-order valence-corrected chi connectivity index (χ2v) is 9.80. The van der Waals surface area contributed by atoms with E-state index in [1.807, 2.05) is 19.0 Å². The number of hydrogen-bond donors (Lipinski definition) is 1. The van der Waals surface area contributed by atoms with Gasteiger partial charge in [-0.3, -0.25) is 0 Å². The summed E-state index contributed by atoms with van der Waals surface area (Å²) in [6.45, 7) is 2.13. The third-order valence-corrected chi connectivity index (χ3v) is 6.84. The number of rotatable bonds is 8. The zero-order valence-electron chi connectivity index (χ0n) is 17.8. The molecule has 0 radical (unpaired) electrons. The van der Waals surface area contributed by atoms with Gasteiger partial charge >= 0.3 is 0 Å². The van der Waals surface area contributed by atoms with Gasteiger partial charge in [0.1, 0.15) is 13.2 Å². The standard InChI is InChI=1S/C22H24ClN3O5S/c1-26(2)11-5-10-24-21-22(25-20(31-21)16-6-3-4-7-17(16)23)32(27,28)15-8-9-18-19(14-15)30-13-12-29-18/h3-4,6-9,14,24H,5,10-13H2,1-2H3. The van der Waals surface area contributed by atoms with Crippen LogP contribution in [0.1, 0.15) is 6.42 Å². The summed E-state index contributed by atoms with van der Waals surface area (Å²) >= 11 is 6.29. The van der Waals surface area contributed by atoms with Gasteiger partial charge in [0.15, 0.2) is 11.5 Å². The number of nitrogens with one attached hydrogen (secondary N) is 1. The van der Waals surface area contributed by atoms with E-state index in [4.69, 9.17) is 25.5 Å². The van der Waals surface area contributed by atoms with Crippen LogP contribution < -0.4 is 14.8 Å². The van der Waals surface area contributed by atoms with Crippen LogP contribution in [-0.2, 0) is 9.84 Å². The number of oxazole rings is 1. The molecule has 0 amide bonds. The summed E-state index contributed by atoms with van der Waals surface area (Å²) in [5, 5.41) is 3.30. The van der Waals surface area contributed by atoms with Gasteiger partial charge in [-0.15, -0.1) is 0 Å². The second-order valence-electron chi connectivity index (χ2n) is 7.53. The number of nitrogens with zero attached hydrogens (tertiary/aromatic N) is 2. The molecule has 10 heteroatoms. The predicted molar refractivity (Wildman–Crippen MR) is 121 cm³/mol. The Morgan fingerprint density at radius 1 is 1.09 bits per heavy atom. The van der Waals surface area contributed by atoms with E-state index in [1.165, 1.54) is 12.1 Å². The quantitative estimate of drug-likeness (QED) is 0.487. The Hall–Kier alpha value is -2.75. The van der Waals surface area contributed by atoms with Gasteiger partial charge in [-0.05, 0) is 51.3 Å². The number of halogens is 1. The normalized spacial score (nSPS) is 13.4. The number of anilines is 1. The van der Waals surface area contributed by atoms with Crippen LogP contribution in [0.25, 0.3) is 11.5 Å². The molecule has 1 aromatic heterocycles. The summed E-state index contributed by atoms with van der Waals surface area (Å²) < 4.78 is 43.9. The molecule has 0 saturated carbocycles. The van der Waals surface area contributed by atoms with Gasteiger partial charge in [0.05, 0.1) is 15.5 Å². The first kappa shape index (κ1) is 22.4. The van der Waals surface area contributed by atoms with Crippen molar-refractivity contribution in [1.82, 2.24) is 9.88 Å². The Balaban J connectivity index is 1.72. The predicted octanol–water partition coefficient (Wildman–Crippen LogP) is 3.96. The van der Waals surface area contributed by atoms with Gasteiger partial charge in [-0.1, -0.05) is 23.7 Å². The summed E-state index contributed by atoms with van der Waals surface area (Å²) in [5.41, 5.74) is 0.508. The lowest BCUT2D eigenvalue weighted by atomic mass is 10.2. The molecule has 2 aromatic carbocycles. The summed E-state index contributed by atoms with van der Waals surface area (Å²) in [7, 11) is -0.0652. The average Bonchev–Trinajstić information content (AvgIpc) is 3.21. The topological polar surface area (TPSA) is 93.9 Å². The average molecular weight is 478 g/mol. The van der Waals surface area contributed by atoms with Crippen LogP contribution in [0.4, 0.5) is 5.88 Å². The van der Waals surface area contributed by atoms with Crippen molar-refractivity contribution in [3.05, 3.63) is 47.5 Å². The first-order valence-electron chi connectivity index (χ1n) is 10.2. The van der Waals surface area contributed by atoms with Crippen LogP contribution in [0, 0.1) is 0 Å². The maximum Gasteiger partial charge on any atom is 0.233 e. The molecule has 0 fully saturated rings. The summed E-state index contributed by atoms with van der Waals surface area (Å²) in [5.74, 6) is 1.09. The second kappa shape index (κ2) is 9.40. The third-order valence-electron chi connectivity index (χ3n) is 4.85. The fraction of sp³-hybridized carbons (Fsp3) is 0.318. The molecule has 2 heterocycles. The van der Waals surface area contributed by atoms with E-state index in [0.29, 0.717) is 41.8 Å². The summed E-state index contributed by atoms with van der Waals surface area (Å²) in [4.78, 5) is 6.42. The van der Waals surface area contributed by atoms with Crippen molar-refractivity contribution in [3.63, 3.8) is 0 Å². The molecule has 0 saturated heterocycles. The number of hydrogen-bond acceptors (Lipinski definition) is 8. The molecule has 170 valence electrons. The Kier molecular flexibility index (Phi) is 6.59. The number of benzene rings is 2. The van der Waals surface area contributed by atoms with Crippen molar-refractivity contribution in [2.75, 3.05) is 45.7 Å². The Bertz CT molecular complexity index is 1210. The van der Waals surface area contributed by atoms with E-state index in [2.05, 4.69) is 10.3 Å². The summed E-state index contributed by atoms with van der Waals surface area (Å²) in [6.07, 6.45) is 0.790. The lowest BCUT2D eigenvalue weighted by molar-refractivity contribution is 0.171. The Labute approximate surface area is 192 Å². The molecular formula is C22H24ClN3O5S. The molecule has 0 spiro atoms. The third kappa shape index (κ3) is 4.69. The molecule has 4 rings (SSSR count). The van der Waals surface area contributed by atoms with Crippen LogP contribution in [0.3, 0.4) is 0 Å². The van der Waals surface area contributed by atoms with Gasteiger partial charge < -0.3 is 24.1 Å². The molecule has 1 N–H and O–H groups in total.